The monoisotopic (exact) mass is 368 g/mol. The van der Waals surface area contributed by atoms with Gasteiger partial charge in [0.05, 0.1) is 22.7 Å². The van der Waals surface area contributed by atoms with Gasteiger partial charge in [-0.15, -0.1) is 0 Å². The molecule has 5 fully saturated rings. The number of fused-ring (bicyclic) bond motifs is 3. The molecule has 0 aromatic carbocycles. The molecule has 4 saturated carbocycles. The Morgan fingerprint density at radius 3 is 2.35 bits per heavy atom. The van der Waals surface area contributed by atoms with Crippen LogP contribution >= 0.6 is 0 Å². The van der Waals surface area contributed by atoms with Gasteiger partial charge in [-0.05, 0) is 43.9 Å². The van der Waals surface area contributed by atoms with E-state index in [2.05, 4.69) is 0 Å². The van der Waals surface area contributed by atoms with Crippen molar-refractivity contribution in [2.45, 2.75) is 82.1 Å². The van der Waals surface area contributed by atoms with Gasteiger partial charge < -0.3 is 30.3 Å². The summed E-state index contributed by atoms with van der Waals surface area (Å²) in [5.74, 6) is -2.66. The van der Waals surface area contributed by atoms with E-state index in [1.807, 2.05) is 20.8 Å². The van der Waals surface area contributed by atoms with Crippen LogP contribution in [0.15, 0.2) is 0 Å². The molecule has 148 valence electrons. The highest BCUT2D eigenvalue weighted by molar-refractivity contribution is 5.38. The smallest absolute Gasteiger partial charge is 0.175 e. The van der Waals surface area contributed by atoms with E-state index < -0.39 is 45.4 Å². The zero-order valence-corrected chi connectivity index (χ0v) is 16.1. The first-order chi connectivity index (χ1) is 11.8. The van der Waals surface area contributed by atoms with Crippen LogP contribution in [-0.4, -0.2) is 60.8 Å². The molecule has 11 atom stereocenters. The molecule has 1 aliphatic heterocycles. The van der Waals surface area contributed by atoms with Crippen molar-refractivity contribution in [3.8, 4) is 0 Å². The molecule has 5 N–H and O–H groups in total. The lowest BCUT2D eigenvalue weighted by atomic mass is 9.41. The van der Waals surface area contributed by atoms with Crippen LogP contribution < -0.4 is 0 Å². The first-order valence-corrected chi connectivity index (χ1v) is 10.0. The second-order valence-corrected chi connectivity index (χ2v) is 10.8. The molecule has 0 unspecified atom stereocenters. The summed E-state index contributed by atoms with van der Waals surface area (Å²) in [6.07, 6.45) is 0.984. The van der Waals surface area contributed by atoms with Crippen molar-refractivity contribution in [2.24, 2.45) is 34.5 Å². The summed E-state index contributed by atoms with van der Waals surface area (Å²) >= 11 is 0. The summed E-state index contributed by atoms with van der Waals surface area (Å²) in [6.45, 7) is 7.48. The minimum Gasteiger partial charge on any atom is -0.396 e. The van der Waals surface area contributed by atoms with Gasteiger partial charge >= 0.3 is 0 Å². The summed E-state index contributed by atoms with van der Waals surface area (Å²) in [5.41, 5.74) is -5.34. The molecule has 6 nitrogen and oxygen atoms in total. The van der Waals surface area contributed by atoms with Crippen molar-refractivity contribution in [1.29, 1.82) is 0 Å². The third kappa shape index (κ3) is 1.37. The van der Waals surface area contributed by atoms with E-state index >= 15 is 0 Å². The standard InChI is InChI=1S/C20H32O6/c1-10(8-21)11-7-12-15(2)9-19(24)17(11,4)20(12,25)14(26-19)13-16(3,22)5-6-18(13,15)23/h10-14,21-25H,5-9H2,1-4H3/t10-,11-,12-,13+,14+,15+,16-,17+,18+,19-,20+/m0/s1. The maximum absolute atomic E-state index is 12.1. The summed E-state index contributed by atoms with van der Waals surface area (Å²) in [4.78, 5) is 0. The fourth-order valence-corrected chi connectivity index (χ4v) is 8.63. The van der Waals surface area contributed by atoms with Gasteiger partial charge in [-0.2, -0.15) is 0 Å². The van der Waals surface area contributed by atoms with Crippen LogP contribution in [0.25, 0.3) is 0 Å². The average molecular weight is 368 g/mol. The highest BCUT2D eigenvalue weighted by Gasteiger charge is 2.92. The third-order valence-electron chi connectivity index (χ3n) is 10.0. The van der Waals surface area contributed by atoms with Crippen molar-refractivity contribution in [1.82, 2.24) is 0 Å². The largest absolute Gasteiger partial charge is 0.396 e. The third-order valence-corrected chi connectivity index (χ3v) is 10.0. The maximum Gasteiger partial charge on any atom is 0.175 e. The molecular formula is C20H32O6. The molecule has 0 spiro atoms. The molecule has 5 rings (SSSR count). The Morgan fingerprint density at radius 1 is 1.08 bits per heavy atom. The van der Waals surface area contributed by atoms with E-state index in [0.717, 1.165) is 0 Å². The zero-order chi connectivity index (χ0) is 19.1. The molecule has 6 heteroatoms. The first kappa shape index (κ1) is 17.8. The minimum atomic E-state index is -1.57. The number of aliphatic hydroxyl groups is 5. The number of hydrogen-bond acceptors (Lipinski definition) is 6. The van der Waals surface area contributed by atoms with Gasteiger partial charge in [0, 0.05) is 24.4 Å². The Morgan fingerprint density at radius 2 is 1.73 bits per heavy atom. The number of ether oxygens (including phenoxy) is 1. The van der Waals surface area contributed by atoms with Crippen LogP contribution in [0.1, 0.15) is 53.4 Å². The fraction of sp³-hybridized carbons (Fsp3) is 1.00. The van der Waals surface area contributed by atoms with Crippen LogP contribution in [0.2, 0.25) is 0 Å². The number of aliphatic hydroxyl groups excluding tert-OH is 1. The predicted molar refractivity (Wildman–Crippen MR) is 91.7 cm³/mol. The molecule has 5 bridgehead atoms. The van der Waals surface area contributed by atoms with Crippen LogP contribution in [0.4, 0.5) is 0 Å². The Hall–Kier alpha value is -0.240. The topological polar surface area (TPSA) is 110 Å². The minimum absolute atomic E-state index is 0.0219. The lowest BCUT2D eigenvalue weighted by molar-refractivity contribution is -0.305. The van der Waals surface area contributed by atoms with E-state index in [9.17, 15) is 25.5 Å². The van der Waals surface area contributed by atoms with Crippen LogP contribution in [-0.2, 0) is 4.74 Å². The van der Waals surface area contributed by atoms with E-state index in [1.165, 1.54) is 0 Å². The van der Waals surface area contributed by atoms with Crippen molar-refractivity contribution >= 4 is 0 Å². The van der Waals surface area contributed by atoms with Gasteiger partial charge in [0.25, 0.3) is 0 Å². The Labute approximate surface area is 154 Å². The summed E-state index contributed by atoms with van der Waals surface area (Å²) < 4.78 is 6.21. The van der Waals surface area contributed by atoms with Gasteiger partial charge in [0.2, 0.25) is 0 Å². The first-order valence-electron chi connectivity index (χ1n) is 10.0. The highest BCUT2D eigenvalue weighted by atomic mass is 16.7. The molecule has 1 heterocycles. The van der Waals surface area contributed by atoms with Crippen LogP contribution in [0, 0.1) is 34.5 Å². The van der Waals surface area contributed by atoms with Gasteiger partial charge in [0.1, 0.15) is 5.60 Å². The molecule has 5 aliphatic rings. The zero-order valence-electron chi connectivity index (χ0n) is 16.1. The average Bonchev–Trinajstić information content (AvgIpc) is 2.93. The molecule has 26 heavy (non-hydrogen) atoms. The van der Waals surface area contributed by atoms with Crippen LogP contribution in [0.5, 0.6) is 0 Å². The number of hydrogen-bond donors (Lipinski definition) is 5. The van der Waals surface area contributed by atoms with E-state index in [4.69, 9.17) is 4.74 Å². The SMILES string of the molecule is C[C@@H](CO)[C@@H]1C[C@@H]2[C@@]3(O)[C@@H]4O[C@@](O)(C[C@@]2(C)[C@@]2(O)CC[C@](C)(O)[C@@H]42)[C@@]13C. The predicted octanol–water partition coefficient (Wildman–Crippen LogP) is 0.391. The number of rotatable bonds is 2. The summed E-state index contributed by atoms with van der Waals surface area (Å²) in [6, 6.07) is 0. The fourth-order valence-electron chi connectivity index (χ4n) is 8.63. The highest BCUT2D eigenvalue weighted by Crippen LogP contribution is 2.83. The van der Waals surface area contributed by atoms with Gasteiger partial charge in [0.15, 0.2) is 5.79 Å². The Bertz CT molecular complexity index is 681. The lowest BCUT2D eigenvalue weighted by Gasteiger charge is -2.65. The Balaban J connectivity index is 1.78. The quantitative estimate of drug-likeness (QED) is 0.482. The molecule has 1 saturated heterocycles. The molecule has 4 aliphatic carbocycles. The second kappa shape index (κ2) is 4.34. The van der Waals surface area contributed by atoms with Gasteiger partial charge in [-0.3, -0.25) is 0 Å². The normalized spacial score (nSPS) is 69.1. The van der Waals surface area contributed by atoms with Gasteiger partial charge in [-0.25, -0.2) is 0 Å². The van der Waals surface area contributed by atoms with Gasteiger partial charge in [-0.1, -0.05) is 20.8 Å². The summed E-state index contributed by atoms with van der Waals surface area (Å²) in [7, 11) is 0. The lowest BCUT2D eigenvalue weighted by Crippen LogP contribution is -2.76. The molecule has 0 aromatic rings. The van der Waals surface area contributed by atoms with Crippen molar-refractivity contribution in [3.05, 3.63) is 0 Å². The second-order valence-electron chi connectivity index (χ2n) is 10.8. The molecule has 0 amide bonds. The Kier molecular flexibility index (Phi) is 2.98. The van der Waals surface area contributed by atoms with Crippen molar-refractivity contribution in [2.75, 3.05) is 6.61 Å². The maximum atomic E-state index is 12.1. The molecule has 0 radical (unpaired) electrons. The molecule has 0 aromatic heterocycles. The summed E-state index contributed by atoms with van der Waals surface area (Å²) in [5, 5.41) is 56.5. The molecular weight excluding hydrogens is 336 g/mol. The van der Waals surface area contributed by atoms with Crippen molar-refractivity contribution in [3.63, 3.8) is 0 Å². The van der Waals surface area contributed by atoms with Crippen LogP contribution in [0.3, 0.4) is 0 Å². The van der Waals surface area contributed by atoms with E-state index in [0.29, 0.717) is 19.3 Å². The van der Waals surface area contributed by atoms with E-state index in [1.54, 1.807) is 6.92 Å². The van der Waals surface area contributed by atoms with Crippen molar-refractivity contribution < 1.29 is 30.3 Å². The van der Waals surface area contributed by atoms with E-state index in [-0.39, 0.29) is 30.8 Å².